The number of benzene rings is 1. The molecule has 2 aromatic rings. The lowest BCUT2D eigenvalue weighted by Gasteiger charge is -2.30. The molecule has 5 nitrogen and oxygen atoms in total. The van der Waals surface area contributed by atoms with Crippen LogP contribution in [0.25, 0.3) is 0 Å². The Balaban J connectivity index is 2.06. The number of carbonyl (C=O) groups excluding carboxylic acids is 1. The van der Waals surface area contributed by atoms with Crippen LogP contribution in [0, 0.1) is 13.8 Å². The van der Waals surface area contributed by atoms with Gasteiger partial charge in [-0.15, -0.1) is 0 Å². The summed E-state index contributed by atoms with van der Waals surface area (Å²) >= 11 is 0. The molecule has 1 aromatic heterocycles. The van der Waals surface area contributed by atoms with E-state index in [-0.39, 0.29) is 5.97 Å². The van der Waals surface area contributed by atoms with Crippen molar-refractivity contribution in [1.29, 1.82) is 0 Å². The van der Waals surface area contributed by atoms with Crippen molar-refractivity contribution >= 4 is 5.97 Å². The van der Waals surface area contributed by atoms with Gasteiger partial charge in [0, 0.05) is 6.54 Å². The number of nitrogens with one attached hydrogen (secondary N) is 1. The second-order valence-corrected chi connectivity index (χ2v) is 8.36. The molecule has 0 bridgehead atoms. The van der Waals surface area contributed by atoms with Gasteiger partial charge in [0.2, 0.25) is 0 Å². The Labute approximate surface area is 162 Å². The lowest BCUT2D eigenvalue weighted by molar-refractivity contribution is -0.171. The monoisotopic (exact) mass is 373 g/mol. The SMILES string of the molecule is Cc1cc(CNCc2ccco2)cc(C)c1OC(C)(C)C(=O)OC(C)(C)C. The summed E-state index contributed by atoms with van der Waals surface area (Å²) in [7, 11) is 0. The van der Waals surface area contributed by atoms with Crippen molar-refractivity contribution in [2.45, 2.75) is 72.8 Å². The highest BCUT2D eigenvalue weighted by Crippen LogP contribution is 2.29. The summed E-state index contributed by atoms with van der Waals surface area (Å²) in [4.78, 5) is 12.5. The third-order valence-electron chi connectivity index (χ3n) is 3.98. The fourth-order valence-electron chi connectivity index (χ4n) is 2.74. The molecule has 0 amide bonds. The molecule has 1 aromatic carbocycles. The Bertz CT molecular complexity index is 747. The average molecular weight is 373 g/mol. The molecular weight excluding hydrogens is 342 g/mol. The van der Waals surface area contributed by atoms with E-state index in [4.69, 9.17) is 13.9 Å². The lowest BCUT2D eigenvalue weighted by Crippen LogP contribution is -2.43. The van der Waals surface area contributed by atoms with Gasteiger partial charge in [-0.25, -0.2) is 4.79 Å². The van der Waals surface area contributed by atoms with Crippen molar-refractivity contribution in [3.63, 3.8) is 0 Å². The largest absolute Gasteiger partial charge is 0.476 e. The minimum atomic E-state index is -1.07. The van der Waals surface area contributed by atoms with Gasteiger partial charge in [0.25, 0.3) is 0 Å². The quantitative estimate of drug-likeness (QED) is 0.714. The molecule has 148 valence electrons. The molecule has 0 saturated heterocycles. The zero-order valence-corrected chi connectivity index (χ0v) is 17.4. The molecular formula is C22H31NO4. The van der Waals surface area contributed by atoms with Crippen LogP contribution >= 0.6 is 0 Å². The molecule has 0 radical (unpaired) electrons. The fourth-order valence-corrected chi connectivity index (χ4v) is 2.74. The molecule has 27 heavy (non-hydrogen) atoms. The summed E-state index contributed by atoms with van der Waals surface area (Å²) in [6.45, 7) is 14.4. The number of hydrogen-bond donors (Lipinski definition) is 1. The third-order valence-corrected chi connectivity index (χ3v) is 3.98. The summed E-state index contributed by atoms with van der Waals surface area (Å²) < 4.78 is 16.9. The molecule has 1 N–H and O–H groups in total. The van der Waals surface area contributed by atoms with Gasteiger partial charge in [-0.3, -0.25) is 0 Å². The Morgan fingerprint density at radius 1 is 1.07 bits per heavy atom. The Morgan fingerprint density at radius 3 is 2.22 bits per heavy atom. The molecule has 0 aliphatic carbocycles. The van der Waals surface area contributed by atoms with Gasteiger partial charge in [0.05, 0.1) is 12.8 Å². The molecule has 0 aliphatic heterocycles. The predicted octanol–water partition coefficient (Wildman–Crippen LogP) is 4.69. The number of rotatable bonds is 7. The van der Waals surface area contributed by atoms with Crippen LogP contribution in [-0.4, -0.2) is 17.2 Å². The van der Waals surface area contributed by atoms with Gasteiger partial charge >= 0.3 is 5.97 Å². The van der Waals surface area contributed by atoms with Crippen LogP contribution in [0.1, 0.15) is 57.1 Å². The van der Waals surface area contributed by atoms with Crippen LogP contribution in [0.4, 0.5) is 0 Å². The van der Waals surface area contributed by atoms with Gasteiger partial charge in [0.1, 0.15) is 17.1 Å². The first-order valence-corrected chi connectivity index (χ1v) is 9.23. The van der Waals surface area contributed by atoms with Crippen molar-refractivity contribution in [3.8, 4) is 5.75 Å². The number of hydrogen-bond acceptors (Lipinski definition) is 5. The molecule has 2 rings (SSSR count). The topological polar surface area (TPSA) is 60.7 Å². The number of furan rings is 1. The maximum absolute atomic E-state index is 12.5. The van der Waals surface area contributed by atoms with E-state index in [9.17, 15) is 4.79 Å². The van der Waals surface area contributed by atoms with E-state index in [1.165, 1.54) is 0 Å². The van der Waals surface area contributed by atoms with Crippen molar-refractivity contribution in [1.82, 2.24) is 5.32 Å². The first-order chi connectivity index (χ1) is 12.5. The summed E-state index contributed by atoms with van der Waals surface area (Å²) in [5.41, 5.74) is 1.51. The minimum absolute atomic E-state index is 0.377. The van der Waals surface area contributed by atoms with E-state index in [0.29, 0.717) is 6.54 Å². The maximum Gasteiger partial charge on any atom is 0.350 e. The van der Waals surface area contributed by atoms with E-state index in [1.54, 1.807) is 20.1 Å². The van der Waals surface area contributed by atoms with Gasteiger partial charge in [-0.05, 0) is 77.3 Å². The Morgan fingerprint density at radius 2 is 1.70 bits per heavy atom. The van der Waals surface area contributed by atoms with Crippen molar-refractivity contribution in [2.75, 3.05) is 0 Å². The van der Waals surface area contributed by atoms with Gasteiger partial charge in [-0.2, -0.15) is 0 Å². The van der Waals surface area contributed by atoms with Gasteiger partial charge in [0.15, 0.2) is 5.60 Å². The Hall–Kier alpha value is -2.27. The molecule has 0 atom stereocenters. The molecule has 0 spiro atoms. The summed E-state index contributed by atoms with van der Waals surface area (Å²) in [6, 6.07) is 7.97. The number of aryl methyl sites for hydroxylation is 2. The second kappa shape index (κ2) is 8.17. The third kappa shape index (κ3) is 6.14. The van der Waals surface area contributed by atoms with Gasteiger partial charge < -0.3 is 19.2 Å². The molecule has 1 heterocycles. The summed E-state index contributed by atoms with van der Waals surface area (Å²) in [6.07, 6.45) is 1.67. The van der Waals surface area contributed by atoms with Crippen molar-refractivity contribution < 1.29 is 18.7 Å². The standard InChI is InChI=1S/C22H31NO4/c1-15-11-17(13-23-14-18-9-8-10-25-18)12-16(2)19(15)26-22(6,7)20(24)27-21(3,4)5/h8-12,23H,13-14H2,1-7H3. The lowest BCUT2D eigenvalue weighted by atomic mass is 10.0. The molecule has 0 saturated carbocycles. The molecule has 0 unspecified atom stereocenters. The van der Waals surface area contributed by atoms with Crippen LogP contribution in [0.15, 0.2) is 34.9 Å². The van der Waals surface area contributed by atoms with E-state index in [2.05, 4.69) is 17.4 Å². The normalized spacial score (nSPS) is 12.1. The van der Waals surface area contributed by atoms with Crippen LogP contribution in [-0.2, 0) is 22.6 Å². The molecule has 0 fully saturated rings. The van der Waals surface area contributed by atoms with Crippen LogP contribution in [0.2, 0.25) is 0 Å². The zero-order valence-electron chi connectivity index (χ0n) is 17.4. The van der Waals surface area contributed by atoms with Crippen LogP contribution in [0.3, 0.4) is 0 Å². The highest BCUT2D eigenvalue weighted by atomic mass is 16.6. The highest BCUT2D eigenvalue weighted by molar-refractivity contribution is 5.79. The zero-order chi connectivity index (χ0) is 20.2. The number of esters is 1. The van der Waals surface area contributed by atoms with Gasteiger partial charge in [-0.1, -0.05) is 12.1 Å². The number of carbonyl (C=O) groups is 1. The van der Waals surface area contributed by atoms with Crippen LogP contribution in [0.5, 0.6) is 5.75 Å². The number of ether oxygens (including phenoxy) is 2. The van der Waals surface area contributed by atoms with E-state index >= 15 is 0 Å². The predicted molar refractivity (Wildman–Crippen MR) is 106 cm³/mol. The smallest absolute Gasteiger partial charge is 0.350 e. The van der Waals surface area contributed by atoms with Crippen molar-refractivity contribution in [3.05, 3.63) is 53.0 Å². The second-order valence-electron chi connectivity index (χ2n) is 8.36. The Kier molecular flexibility index (Phi) is 6.37. The summed E-state index contributed by atoms with van der Waals surface area (Å²) in [5, 5.41) is 3.36. The summed E-state index contributed by atoms with van der Waals surface area (Å²) in [5.74, 6) is 1.25. The first kappa shape index (κ1) is 21.0. The maximum atomic E-state index is 12.5. The van der Waals surface area contributed by atoms with E-state index in [1.807, 2.05) is 46.8 Å². The molecule has 5 heteroatoms. The first-order valence-electron chi connectivity index (χ1n) is 9.23. The van der Waals surface area contributed by atoms with E-state index < -0.39 is 11.2 Å². The highest BCUT2D eigenvalue weighted by Gasteiger charge is 2.35. The van der Waals surface area contributed by atoms with Crippen molar-refractivity contribution in [2.24, 2.45) is 0 Å². The minimum Gasteiger partial charge on any atom is -0.476 e. The molecule has 0 aliphatic rings. The average Bonchev–Trinajstić information content (AvgIpc) is 3.02. The van der Waals surface area contributed by atoms with E-state index in [0.717, 1.165) is 34.7 Å². The van der Waals surface area contributed by atoms with Crippen LogP contribution < -0.4 is 10.1 Å². The fraction of sp³-hybridized carbons (Fsp3) is 0.500.